The molecule has 30 heavy (non-hydrogen) atoms. The third-order valence-electron chi connectivity index (χ3n) is 5.54. The van der Waals surface area contributed by atoms with Crippen LogP contribution >= 0.6 is 0 Å². The molecule has 3 heterocycles. The summed E-state index contributed by atoms with van der Waals surface area (Å²) in [7, 11) is 3.40. The number of hydrogen-bond acceptors (Lipinski definition) is 5. The predicted molar refractivity (Wildman–Crippen MR) is 110 cm³/mol. The summed E-state index contributed by atoms with van der Waals surface area (Å²) in [6.45, 7) is 1.24. The molecule has 0 bridgehead atoms. The van der Waals surface area contributed by atoms with Crippen LogP contribution in [0.1, 0.15) is 45.4 Å². The number of carbonyl (C=O) groups is 2. The molecule has 3 aromatic rings. The molecule has 1 saturated heterocycles. The smallest absolute Gasteiger partial charge is 0.272 e. The van der Waals surface area contributed by atoms with Crippen molar-refractivity contribution in [2.75, 3.05) is 20.2 Å². The zero-order valence-electron chi connectivity index (χ0n) is 17.0. The first-order valence-corrected chi connectivity index (χ1v) is 9.79. The number of likely N-dealkylation sites (tertiary alicyclic amines) is 1. The third-order valence-corrected chi connectivity index (χ3v) is 5.54. The number of nitrogens with one attached hydrogen (secondary N) is 1. The molecule has 0 saturated carbocycles. The van der Waals surface area contributed by atoms with E-state index in [-0.39, 0.29) is 17.5 Å². The van der Waals surface area contributed by atoms with Crippen LogP contribution in [0.15, 0.2) is 36.4 Å². The number of primary amides is 1. The zero-order chi connectivity index (χ0) is 21.3. The highest BCUT2D eigenvalue weighted by Crippen LogP contribution is 2.29. The van der Waals surface area contributed by atoms with Crippen molar-refractivity contribution in [2.24, 2.45) is 12.8 Å². The highest BCUT2D eigenvalue weighted by molar-refractivity contribution is 5.94. The predicted octanol–water partition coefficient (Wildman–Crippen LogP) is 1.94. The Morgan fingerprint density at radius 1 is 1.20 bits per heavy atom. The summed E-state index contributed by atoms with van der Waals surface area (Å²) in [5.41, 5.74) is 8.56. The van der Waals surface area contributed by atoms with Crippen LogP contribution in [0, 0.1) is 0 Å². The minimum absolute atomic E-state index is 0.0416. The monoisotopic (exact) mass is 408 g/mol. The molecule has 9 nitrogen and oxygen atoms in total. The minimum atomic E-state index is -0.548. The van der Waals surface area contributed by atoms with Crippen LogP contribution in [0.3, 0.4) is 0 Å². The lowest BCUT2D eigenvalue weighted by molar-refractivity contribution is 0.0700. The van der Waals surface area contributed by atoms with Crippen LogP contribution in [-0.2, 0) is 7.05 Å². The Balaban J connectivity index is 1.45. The van der Waals surface area contributed by atoms with Gasteiger partial charge in [-0.05, 0) is 37.1 Å². The lowest BCUT2D eigenvalue weighted by Crippen LogP contribution is -2.38. The largest absolute Gasteiger partial charge is 0.497 e. The first kappa shape index (κ1) is 19.7. The summed E-state index contributed by atoms with van der Waals surface area (Å²) in [6.07, 6.45) is 1.57. The van der Waals surface area contributed by atoms with Crippen LogP contribution in [0.4, 0.5) is 0 Å². The van der Waals surface area contributed by atoms with Crippen molar-refractivity contribution in [1.29, 1.82) is 0 Å². The number of aryl methyl sites for hydroxylation is 1. The van der Waals surface area contributed by atoms with Crippen molar-refractivity contribution in [3.63, 3.8) is 0 Å². The molecule has 1 aromatic carbocycles. The van der Waals surface area contributed by atoms with Crippen LogP contribution < -0.4 is 10.5 Å². The van der Waals surface area contributed by atoms with E-state index in [1.165, 1.54) is 0 Å². The van der Waals surface area contributed by atoms with Crippen molar-refractivity contribution >= 4 is 11.8 Å². The van der Waals surface area contributed by atoms with E-state index < -0.39 is 5.91 Å². The van der Waals surface area contributed by atoms with Gasteiger partial charge < -0.3 is 15.4 Å². The highest BCUT2D eigenvalue weighted by Gasteiger charge is 2.28. The lowest BCUT2D eigenvalue weighted by atomic mass is 9.93. The topological polar surface area (TPSA) is 119 Å². The molecule has 0 spiro atoms. The first-order chi connectivity index (χ1) is 14.5. The minimum Gasteiger partial charge on any atom is -0.497 e. The molecule has 2 amide bonds. The first-order valence-electron chi connectivity index (χ1n) is 9.79. The van der Waals surface area contributed by atoms with E-state index in [2.05, 4.69) is 15.3 Å². The Morgan fingerprint density at radius 3 is 2.63 bits per heavy atom. The number of aromatic nitrogens is 4. The number of ether oxygens (including phenoxy) is 1. The normalized spacial score (nSPS) is 14.7. The van der Waals surface area contributed by atoms with Crippen LogP contribution in [-0.4, -0.2) is 56.9 Å². The molecule has 0 unspecified atom stereocenters. The maximum absolute atomic E-state index is 13.1. The highest BCUT2D eigenvalue weighted by atomic mass is 16.5. The standard InChI is InChI=1S/C21H24N6O3/c1-26-19(12-17(25-26)14-4-3-5-15(10-14)30-2)21(29)27-8-6-13(7-9-27)16-11-18(20(22)28)24-23-16/h3-5,10-13H,6-9H2,1-2H3,(H2,22,28)(H,23,24). The number of aromatic amines is 1. The Bertz CT molecular complexity index is 1080. The van der Waals surface area contributed by atoms with Crippen molar-refractivity contribution < 1.29 is 14.3 Å². The van der Waals surface area contributed by atoms with Gasteiger partial charge >= 0.3 is 0 Å². The van der Waals surface area contributed by atoms with Crippen molar-refractivity contribution in [3.05, 3.63) is 53.5 Å². The van der Waals surface area contributed by atoms with Gasteiger partial charge in [0.1, 0.15) is 17.1 Å². The van der Waals surface area contributed by atoms with Gasteiger partial charge in [-0.3, -0.25) is 19.4 Å². The second kappa shape index (κ2) is 8.02. The maximum Gasteiger partial charge on any atom is 0.272 e. The quantitative estimate of drug-likeness (QED) is 0.669. The zero-order valence-corrected chi connectivity index (χ0v) is 17.0. The SMILES string of the molecule is COc1cccc(-c2cc(C(=O)N3CCC(c4cc(C(N)=O)n[nH]4)CC3)n(C)n2)c1. The average Bonchev–Trinajstić information content (AvgIpc) is 3.41. The molecule has 0 atom stereocenters. The fourth-order valence-electron chi connectivity index (χ4n) is 3.82. The molecule has 1 aliphatic heterocycles. The van der Waals surface area contributed by atoms with E-state index in [0.29, 0.717) is 18.8 Å². The second-order valence-corrected chi connectivity index (χ2v) is 7.41. The van der Waals surface area contributed by atoms with Gasteiger partial charge in [0, 0.05) is 37.3 Å². The molecule has 156 valence electrons. The number of amides is 2. The third kappa shape index (κ3) is 3.78. The molecule has 0 radical (unpaired) electrons. The molecule has 3 N–H and O–H groups in total. The number of benzene rings is 1. The van der Waals surface area contributed by atoms with Crippen molar-refractivity contribution in [3.8, 4) is 17.0 Å². The van der Waals surface area contributed by atoms with Crippen molar-refractivity contribution in [2.45, 2.75) is 18.8 Å². The molecular weight excluding hydrogens is 384 g/mol. The fourth-order valence-corrected chi connectivity index (χ4v) is 3.82. The second-order valence-electron chi connectivity index (χ2n) is 7.41. The molecule has 2 aromatic heterocycles. The Kier molecular flexibility index (Phi) is 5.26. The Labute approximate surface area is 173 Å². The van der Waals surface area contributed by atoms with Gasteiger partial charge in [0.15, 0.2) is 0 Å². The van der Waals surface area contributed by atoms with Crippen LogP contribution in [0.2, 0.25) is 0 Å². The number of nitrogens with zero attached hydrogens (tertiary/aromatic N) is 4. The van der Waals surface area contributed by atoms with Gasteiger partial charge in [0.25, 0.3) is 11.8 Å². The van der Waals surface area contributed by atoms with E-state index >= 15 is 0 Å². The molecular formula is C21H24N6O3. The fraction of sp³-hybridized carbons (Fsp3) is 0.333. The van der Waals surface area contributed by atoms with Gasteiger partial charge in [0.05, 0.1) is 12.8 Å². The Morgan fingerprint density at radius 2 is 1.97 bits per heavy atom. The van der Waals surface area contributed by atoms with Gasteiger partial charge in [0.2, 0.25) is 0 Å². The number of methoxy groups -OCH3 is 1. The summed E-state index contributed by atoms with van der Waals surface area (Å²) >= 11 is 0. The van der Waals surface area contributed by atoms with Gasteiger partial charge in [-0.25, -0.2) is 0 Å². The number of piperidine rings is 1. The Hall–Kier alpha value is -3.62. The van der Waals surface area contributed by atoms with Gasteiger partial charge in [-0.15, -0.1) is 0 Å². The molecule has 4 rings (SSSR count). The van der Waals surface area contributed by atoms with E-state index in [1.54, 1.807) is 24.9 Å². The van der Waals surface area contributed by atoms with Crippen LogP contribution in [0.25, 0.3) is 11.3 Å². The summed E-state index contributed by atoms with van der Waals surface area (Å²) < 4.78 is 6.90. The summed E-state index contributed by atoms with van der Waals surface area (Å²) in [5, 5.41) is 11.4. The number of hydrogen-bond donors (Lipinski definition) is 2. The van der Waals surface area contributed by atoms with E-state index in [4.69, 9.17) is 10.5 Å². The summed E-state index contributed by atoms with van der Waals surface area (Å²) in [4.78, 5) is 26.2. The average molecular weight is 408 g/mol. The van der Waals surface area contributed by atoms with Crippen LogP contribution in [0.5, 0.6) is 5.75 Å². The van der Waals surface area contributed by atoms with E-state index in [0.717, 1.165) is 35.5 Å². The van der Waals surface area contributed by atoms with Gasteiger partial charge in [-0.2, -0.15) is 10.2 Å². The number of H-pyrrole nitrogens is 1. The molecule has 0 aliphatic carbocycles. The van der Waals surface area contributed by atoms with Gasteiger partial charge in [-0.1, -0.05) is 12.1 Å². The lowest BCUT2D eigenvalue weighted by Gasteiger charge is -2.31. The summed E-state index contributed by atoms with van der Waals surface area (Å²) in [5.74, 6) is 0.369. The number of carbonyl (C=O) groups excluding carboxylic acids is 2. The van der Waals surface area contributed by atoms with E-state index in [9.17, 15) is 9.59 Å². The summed E-state index contributed by atoms with van der Waals surface area (Å²) in [6, 6.07) is 11.1. The number of rotatable bonds is 5. The van der Waals surface area contributed by atoms with E-state index in [1.807, 2.05) is 35.2 Å². The molecule has 1 fully saturated rings. The molecule has 1 aliphatic rings. The van der Waals surface area contributed by atoms with Crippen molar-refractivity contribution in [1.82, 2.24) is 24.9 Å². The maximum atomic E-state index is 13.1. The molecule has 9 heteroatoms. The number of nitrogens with two attached hydrogens (primary N) is 1.